The van der Waals surface area contributed by atoms with E-state index in [0.29, 0.717) is 21.4 Å². The number of rotatable bonds is 12. The van der Waals surface area contributed by atoms with Crippen LogP contribution in [0.5, 0.6) is 0 Å². The maximum atomic E-state index is 13.4. The Morgan fingerprint density at radius 3 is 1.29 bits per heavy atom. The quantitative estimate of drug-likeness (QED) is 0.135. The van der Waals surface area contributed by atoms with Crippen molar-refractivity contribution in [3.63, 3.8) is 0 Å². The number of benzene rings is 4. The lowest BCUT2D eigenvalue weighted by molar-refractivity contribution is -0.146. The van der Waals surface area contributed by atoms with Crippen LogP contribution in [0.15, 0.2) is 138 Å². The Labute approximate surface area is 337 Å². The fraction of sp³-hybridized carbons (Fsp3) is 0.200. The first-order valence-electron chi connectivity index (χ1n) is 17.9. The third-order valence-corrected chi connectivity index (χ3v) is 10.8. The Morgan fingerprint density at radius 2 is 0.932 bits per heavy atom. The highest BCUT2D eigenvalue weighted by atomic mass is 32.2. The van der Waals surface area contributed by atoms with Gasteiger partial charge in [0.05, 0.1) is 32.6 Å². The Hall–Kier alpha value is -7.41. The first-order valence-corrected chi connectivity index (χ1v) is 19.4. The molecule has 18 nitrogen and oxygen atoms in total. The van der Waals surface area contributed by atoms with Crippen LogP contribution in [-0.2, 0) is 38.6 Å². The summed E-state index contributed by atoms with van der Waals surface area (Å²) < 4.78 is 26.8. The summed E-state index contributed by atoms with van der Waals surface area (Å²) in [5.41, 5.74) is 3.47. The summed E-state index contributed by atoms with van der Waals surface area (Å²) in [4.78, 5) is 76.2. The highest BCUT2D eigenvalue weighted by Gasteiger charge is 2.39. The lowest BCUT2D eigenvalue weighted by Crippen LogP contribution is -2.36. The summed E-state index contributed by atoms with van der Waals surface area (Å²) in [6.45, 7) is 6.58. The number of hydrogen-bond acceptors (Lipinski definition) is 14. The number of amides is 6. The monoisotopic (exact) mass is 816 g/mol. The normalized spacial score (nSPS) is 16.7. The number of carbonyl (C=O) groups is 6. The van der Waals surface area contributed by atoms with Gasteiger partial charge in [0, 0.05) is 11.4 Å². The standard InChI is InChI=1S/C40H36N10O8S/c1-23-9-5-7-11-31(23)41-33(51)21-35(53)49-39(55)37(25(3)47-49)45-43-27-13-17-29(18-14-27)59(57,58)30-19-15-28(16-20-30)44-46-38-26(4)48-50(40(38)56)36(54)22-34(52)42-32-12-8-6-10-24(32)2/h5-20,37-38H,21-22H2,1-4H3,(H,41,51)(H,42,52)/t37-,38-/m1/s1. The molecule has 0 unspecified atom stereocenters. The number of azo groups is 2. The Balaban J connectivity index is 1.02. The van der Waals surface area contributed by atoms with E-state index < -0.39 is 70.2 Å². The van der Waals surface area contributed by atoms with Crippen LogP contribution >= 0.6 is 0 Å². The van der Waals surface area contributed by atoms with Crippen LogP contribution in [0.4, 0.5) is 22.7 Å². The summed E-state index contributed by atoms with van der Waals surface area (Å²) in [5, 5.41) is 30.5. The fourth-order valence-electron chi connectivity index (χ4n) is 5.74. The third-order valence-electron chi connectivity index (χ3n) is 9.00. The van der Waals surface area contributed by atoms with E-state index >= 15 is 0 Å². The van der Waals surface area contributed by atoms with Crippen LogP contribution in [0.1, 0.15) is 37.8 Å². The summed E-state index contributed by atoms with van der Waals surface area (Å²) in [5.74, 6) is -4.47. The number of sulfone groups is 1. The molecule has 19 heteroatoms. The molecular formula is C40H36N10O8S. The minimum atomic E-state index is -4.01. The van der Waals surface area contributed by atoms with Crippen molar-refractivity contribution in [3.8, 4) is 0 Å². The zero-order valence-electron chi connectivity index (χ0n) is 32.1. The van der Waals surface area contributed by atoms with Gasteiger partial charge < -0.3 is 10.6 Å². The highest BCUT2D eigenvalue weighted by molar-refractivity contribution is 7.91. The maximum Gasteiger partial charge on any atom is 0.282 e. The molecule has 0 radical (unpaired) electrons. The molecule has 2 N–H and O–H groups in total. The Morgan fingerprint density at radius 1 is 0.576 bits per heavy atom. The van der Waals surface area contributed by atoms with Crippen molar-refractivity contribution in [3.05, 3.63) is 108 Å². The average Bonchev–Trinajstić information content (AvgIpc) is 3.66. The number of nitrogens with one attached hydrogen (secondary N) is 2. The van der Waals surface area contributed by atoms with Crippen molar-refractivity contribution in [2.75, 3.05) is 10.6 Å². The largest absolute Gasteiger partial charge is 0.325 e. The minimum Gasteiger partial charge on any atom is -0.325 e. The van der Waals surface area contributed by atoms with E-state index in [2.05, 4.69) is 41.3 Å². The molecule has 4 aromatic rings. The van der Waals surface area contributed by atoms with Gasteiger partial charge in [-0.1, -0.05) is 36.4 Å². The molecule has 2 heterocycles. The van der Waals surface area contributed by atoms with Gasteiger partial charge in [0.1, 0.15) is 12.8 Å². The van der Waals surface area contributed by atoms with Crippen molar-refractivity contribution in [1.82, 2.24) is 10.0 Å². The molecule has 2 aliphatic heterocycles. The van der Waals surface area contributed by atoms with Crippen LogP contribution in [0.2, 0.25) is 0 Å². The predicted molar refractivity (Wildman–Crippen MR) is 214 cm³/mol. The van der Waals surface area contributed by atoms with Gasteiger partial charge in [-0.15, -0.1) is 0 Å². The van der Waals surface area contributed by atoms with E-state index in [4.69, 9.17) is 0 Å². The zero-order valence-corrected chi connectivity index (χ0v) is 32.9. The van der Waals surface area contributed by atoms with Crippen molar-refractivity contribution in [1.29, 1.82) is 0 Å². The number of carbonyl (C=O) groups excluding carboxylic acids is 6. The Bertz CT molecular complexity index is 2430. The van der Waals surface area contributed by atoms with Gasteiger partial charge in [-0.2, -0.15) is 40.7 Å². The summed E-state index contributed by atoms with van der Waals surface area (Å²) in [7, 11) is -4.01. The summed E-state index contributed by atoms with van der Waals surface area (Å²) >= 11 is 0. The number of imide groups is 2. The molecule has 0 saturated carbocycles. The first-order chi connectivity index (χ1) is 28.1. The number of hydrogen-bond donors (Lipinski definition) is 2. The van der Waals surface area contributed by atoms with E-state index in [1.54, 1.807) is 62.4 Å². The average molecular weight is 817 g/mol. The smallest absolute Gasteiger partial charge is 0.282 e. The van der Waals surface area contributed by atoms with Gasteiger partial charge in [0.2, 0.25) is 21.7 Å². The first kappa shape index (κ1) is 41.2. The topological polar surface area (TPSA) is 241 Å². The van der Waals surface area contributed by atoms with E-state index in [0.717, 1.165) is 11.1 Å². The molecule has 4 aromatic carbocycles. The second-order valence-electron chi connectivity index (χ2n) is 13.4. The maximum absolute atomic E-state index is 13.4. The Kier molecular flexibility index (Phi) is 12.2. The minimum absolute atomic E-state index is 0.0676. The highest BCUT2D eigenvalue weighted by Crippen LogP contribution is 2.27. The van der Waals surface area contributed by atoms with Gasteiger partial charge in [0.15, 0.2) is 12.1 Å². The number of anilines is 2. The molecule has 6 rings (SSSR count). The molecule has 0 bridgehead atoms. The van der Waals surface area contributed by atoms with Crippen molar-refractivity contribution < 1.29 is 37.2 Å². The molecule has 2 aliphatic rings. The molecule has 300 valence electrons. The zero-order chi connectivity index (χ0) is 42.4. The second-order valence-corrected chi connectivity index (χ2v) is 15.3. The van der Waals surface area contributed by atoms with Gasteiger partial charge in [0.25, 0.3) is 23.6 Å². The number of para-hydroxylation sites is 2. The van der Waals surface area contributed by atoms with Crippen molar-refractivity contribution in [2.24, 2.45) is 30.7 Å². The van der Waals surface area contributed by atoms with Gasteiger partial charge >= 0.3 is 0 Å². The summed E-state index contributed by atoms with van der Waals surface area (Å²) in [6.07, 6.45) is -1.25. The van der Waals surface area contributed by atoms with Crippen LogP contribution < -0.4 is 10.6 Å². The molecule has 2 atom stereocenters. The third kappa shape index (κ3) is 9.42. The number of hydrazone groups is 2. The van der Waals surface area contributed by atoms with Gasteiger partial charge in [-0.3, -0.25) is 28.8 Å². The molecule has 0 aromatic heterocycles. The molecule has 0 fully saturated rings. The molecule has 59 heavy (non-hydrogen) atoms. The summed E-state index contributed by atoms with van der Waals surface area (Å²) in [6, 6.07) is 22.4. The molecule has 6 amide bonds. The SMILES string of the molecule is CC1=NN(C(=O)CC(=O)Nc2ccccc2C)C(=O)[C@@H]1N=Nc1ccc(S(=O)(=O)c2ccc(N=N[C@H]3C(=O)N(C(=O)CC(=O)Nc4ccccc4C)N=C3C)cc2)cc1. The number of aryl methyl sites for hydroxylation is 2. The van der Waals surface area contributed by atoms with E-state index in [1.165, 1.54) is 62.4 Å². The lowest BCUT2D eigenvalue weighted by Gasteiger charge is -2.11. The lowest BCUT2D eigenvalue weighted by atomic mass is 10.2. The molecule has 0 spiro atoms. The number of nitrogens with zero attached hydrogens (tertiary/aromatic N) is 8. The molecular weight excluding hydrogens is 781 g/mol. The van der Waals surface area contributed by atoms with Crippen LogP contribution in [0, 0.1) is 13.8 Å². The van der Waals surface area contributed by atoms with Crippen molar-refractivity contribution in [2.45, 2.75) is 62.4 Å². The van der Waals surface area contributed by atoms with Crippen LogP contribution in [0.25, 0.3) is 0 Å². The van der Waals surface area contributed by atoms with Crippen LogP contribution in [-0.4, -0.2) is 77.4 Å². The molecule has 0 saturated heterocycles. The van der Waals surface area contributed by atoms with Crippen LogP contribution in [0.3, 0.4) is 0 Å². The van der Waals surface area contributed by atoms with E-state index in [-0.39, 0.29) is 32.6 Å². The van der Waals surface area contributed by atoms with Gasteiger partial charge in [-0.05, 0) is 99.5 Å². The fourth-order valence-corrected chi connectivity index (χ4v) is 7.00. The van der Waals surface area contributed by atoms with E-state index in [1.807, 2.05) is 0 Å². The van der Waals surface area contributed by atoms with Gasteiger partial charge in [-0.25, -0.2) is 8.42 Å². The second kappa shape index (κ2) is 17.4. The molecule has 0 aliphatic carbocycles. The predicted octanol–water partition coefficient (Wildman–Crippen LogP) is 5.59. The van der Waals surface area contributed by atoms with Crippen molar-refractivity contribution >= 4 is 79.5 Å². The van der Waals surface area contributed by atoms with E-state index in [9.17, 15) is 37.2 Å².